The lowest BCUT2D eigenvalue weighted by molar-refractivity contribution is 0.324. The summed E-state index contributed by atoms with van der Waals surface area (Å²) < 4.78 is 0. The lowest BCUT2D eigenvalue weighted by Gasteiger charge is -2.19. The van der Waals surface area contributed by atoms with Gasteiger partial charge >= 0.3 is 0 Å². The molecule has 0 atom stereocenters. The summed E-state index contributed by atoms with van der Waals surface area (Å²) in [6.45, 7) is 3.19. The van der Waals surface area contributed by atoms with Crippen molar-refractivity contribution in [3.05, 3.63) is 23.8 Å². The van der Waals surface area contributed by atoms with E-state index in [2.05, 4.69) is 4.90 Å². The third-order valence-corrected chi connectivity index (χ3v) is 3.17. The summed E-state index contributed by atoms with van der Waals surface area (Å²) in [6, 6.07) is 5.98. The standard InChI is InChI=1S/C13H20N2O/c1-14(2)12-7-5-6-11(13(12)16)10-15-8-3-4-9-15/h5-7,16H,3-4,8-10H2,1-2H3. The van der Waals surface area contributed by atoms with Gasteiger partial charge in [-0.3, -0.25) is 4.90 Å². The number of phenolic OH excluding ortho intramolecular Hbond substituents is 1. The topological polar surface area (TPSA) is 26.7 Å². The summed E-state index contributed by atoms with van der Waals surface area (Å²) in [7, 11) is 3.91. The Balaban J connectivity index is 2.17. The normalized spacial score (nSPS) is 16.6. The van der Waals surface area contributed by atoms with E-state index in [0.717, 1.165) is 30.9 Å². The first-order chi connectivity index (χ1) is 7.68. The average molecular weight is 220 g/mol. The molecule has 1 fully saturated rings. The molecule has 0 unspecified atom stereocenters. The lowest BCUT2D eigenvalue weighted by Crippen LogP contribution is -2.19. The number of likely N-dealkylation sites (tertiary alicyclic amines) is 1. The van der Waals surface area contributed by atoms with Crippen molar-refractivity contribution in [2.45, 2.75) is 19.4 Å². The predicted octanol–water partition coefficient (Wildman–Crippen LogP) is 2.05. The van der Waals surface area contributed by atoms with Crippen molar-refractivity contribution in [3.63, 3.8) is 0 Å². The molecule has 1 aliphatic heterocycles. The zero-order valence-electron chi connectivity index (χ0n) is 10.1. The summed E-state index contributed by atoms with van der Waals surface area (Å²) in [5.74, 6) is 0.430. The molecule has 3 nitrogen and oxygen atoms in total. The number of para-hydroxylation sites is 1. The van der Waals surface area contributed by atoms with Crippen LogP contribution in [0.2, 0.25) is 0 Å². The molecule has 0 amide bonds. The molecule has 0 aliphatic carbocycles. The van der Waals surface area contributed by atoms with Crippen LogP contribution in [0, 0.1) is 0 Å². The highest BCUT2D eigenvalue weighted by atomic mass is 16.3. The monoisotopic (exact) mass is 220 g/mol. The van der Waals surface area contributed by atoms with Crippen LogP contribution in [0.15, 0.2) is 18.2 Å². The first-order valence-corrected chi connectivity index (χ1v) is 5.89. The highest BCUT2D eigenvalue weighted by molar-refractivity contribution is 5.60. The van der Waals surface area contributed by atoms with E-state index in [9.17, 15) is 5.11 Å². The Hall–Kier alpha value is -1.22. The van der Waals surface area contributed by atoms with Crippen molar-refractivity contribution in [3.8, 4) is 5.75 Å². The summed E-state index contributed by atoms with van der Waals surface area (Å²) in [6.07, 6.45) is 2.57. The van der Waals surface area contributed by atoms with Crippen molar-refractivity contribution in [1.29, 1.82) is 0 Å². The van der Waals surface area contributed by atoms with Gasteiger partial charge in [-0.05, 0) is 32.0 Å². The Bertz CT molecular complexity index is 357. The number of phenols is 1. The van der Waals surface area contributed by atoms with Crippen molar-refractivity contribution < 1.29 is 5.11 Å². The van der Waals surface area contributed by atoms with Gasteiger partial charge in [0.05, 0.1) is 5.69 Å². The number of benzene rings is 1. The largest absolute Gasteiger partial charge is 0.505 e. The Morgan fingerprint density at radius 1 is 1.25 bits per heavy atom. The van der Waals surface area contributed by atoms with E-state index in [1.165, 1.54) is 12.8 Å². The van der Waals surface area contributed by atoms with E-state index in [0.29, 0.717) is 5.75 Å². The molecule has 0 aromatic heterocycles. The van der Waals surface area contributed by atoms with Gasteiger partial charge in [0, 0.05) is 26.2 Å². The zero-order chi connectivity index (χ0) is 11.5. The van der Waals surface area contributed by atoms with Gasteiger partial charge in [0.25, 0.3) is 0 Å². The zero-order valence-corrected chi connectivity index (χ0v) is 10.1. The van der Waals surface area contributed by atoms with Crippen molar-refractivity contribution >= 4 is 5.69 Å². The minimum Gasteiger partial charge on any atom is -0.505 e. The van der Waals surface area contributed by atoms with Gasteiger partial charge in [0.15, 0.2) is 0 Å². The van der Waals surface area contributed by atoms with E-state index >= 15 is 0 Å². The number of hydrogen-bond donors (Lipinski definition) is 1. The van der Waals surface area contributed by atoms with Crippen LogP contribution in [0.3, 0.4) is 0 Å². The predicted molar refractivity (Wildman–Crippen MR) is 66.9 cm³/mol. The first-order valence-electron chi connectivity index (χ1n) is 5.89. The molecule has 3 heteroatoms. The van der Waals surface area contributed by atoms with Crippen molar-refractivity contribution in [2.24, 2.45) is 0 Å². The SMILES string of the molecule is CN(C)c1cccc(CN2CCCC2)c1O. The lowest BCUT2D eigenvalue weighted by atomic mass is 10.1. The molecule has 1 N–H and O–H groups in total. The maximum atomic E-state index is 10.2. The molecule has 1 heterocycles. The van der Waals surface area contributed by atoms with Gasteiger partial charge < -0.3 is 10.0 Å². The molecule has 2 rings (SSSR count). The molecule has 0 bridgehead atoms. The second kappa shape index (κ2) is 4.74. The fraction of sp³-hybridized carbons (Fsp3) is 0.538. The third-order valence-electron chi connectivity index (χ3n) is 3.17. The van der Waals surface area contributed by atoms with E-state index in [-0.39, 0.29) is 0 Å². The van der Waals surface area contributed by atoms with E-state index in [1.54, 1.807) is 0 Å². The van der Waals surface area contributed by atoms with Crippen LogP contribution in [-0.4, -0.2) is 37.2 Å². The number of anilines is 1. The third kappa shape index (κ3) is 2.30. The molecule has 0 saturated carbocycles. The molecule has 1 aromatic rings. The molecule has 1 aliphatic rings. The number of hydrogen-bond acceptors (Lipinski definition) is 3. The Morgan fingerprint density at radius 3 is 2.56 bits per heavy atom. The average Bonchev–Trinajstić information content (AvgIpc) is 2.73. The minimum absolute atomic E-state index is 0.430. The Labute approximate surface area is 97.3 Å². The highest BCUT2D eigenvalue weighted by Gasteiger charge is 2.15. The van der Waals surface area contributed by atoms with Gasteiger partial charge in [-0.15, -0.1) is 0 Å². The van der Waals surface area contributed by atoms with E-state index < -0.39 is 0 Å². The number of rotatable bonds is 3. The highest BCUT2D eigenvalue weighted by Crippen LogP contribution is 2.30. The maximum Gasteiger partial charge on any atom is 0.143 e. The fourth-order valence-electron chi connectivity index (χ4n) is 2.25. The minimum atomic E-state index is 0.430. The molecule has 0 radical (unpaired) electrons. The second-order valence-electron chi connectivity index (χ2n) is 4.66. The summed E-state index contributed by atoms with van der Waals surface area (Å²) >= 11 is 0. The van der Waals surface area contributed by atoms with E-state index in [1.807, 2.05) is 37.2 Å². The molecule has 16 heavy (non-hydrogen) atoms. The van der Waals surface area contributed by atoms with Crippen LogP contribution >= 0.6 is 0 Å². The van der Waals surface area contributed by atoms with Gasteiger partial charge in [0.2, 0.25) is 0 Å². The smallest absolute Gasteiger partial charge is 0.143 e. The van der Waals surface area contributed by atoms with Crippen LogP contribution in [-0.2, 0) is 6.54 Å². The fourth-order valence-corrected chi connectivity index (χ4v) is 2.25. The van der Waals surface area contributed by atoms with Gasteiger partial charge in [0.1, 0.15) is 5.75 Å². The van der Waals surface area contributed by atoms with Crippen molar-refractivity contribution in [2.75, 3.05) is 32.1 Å². The molecule has 88 valence electrons. The van der Waals surface area contributed by atoms with Gasteiger partial charge in [-0.2, -0.15) is 0 Å². The summed E-state index contributed by atoms with van der Waals surface area (Å²) in [5.41, 5.74) is 1.93. The number of aromatic hydroxyl groups is 1. The first kappa shape index (κ1) is 11.3. The van der Waals surface area contributed by atoms with Crippen LogP contribution in [0.5, 0.6) is 5.75 Å². The molecule has 1 saturated heterocycles. The molecule has 1 aromatic carbocycles. The maximum absolute atomic E-state index is 10.2. The summed E-state index contributed by atoms with van der Waals surface area (Å²) in [4.78, 5) is 4.34. The Kier molecular flexibility index (Phi) is 3.34. The van der Waals surface area contributed by atoms with Crippen LogP contribution in [0.1, 0.15) is 18.4 Å². The van der Waals surface area contributed by atoms with Crippen LogP contribution < -0.4 is 4.90 Å². The van der Waals surface area contributed by atoms with E-state index in [4.69, 9.17) is 0 Å². The van der Waals surface area contributed by atoms with Crippen molar-refractivity contribution in [1.82, 2.24) is 4.90 Å². The summed E-state index contributed by atoms with van der Waals surface area (Å²) in [5, 5.41) is 10.2. The molecular weight excluding hydrogens is 200 g/mol. The Morgan fingerprint density at radius 2 is 1.94 bits per heavy atom. The second-order valence-corrected chi connectivity index (χ2v) is 4.66. The van der Waals surface area contributed by atoms with Gasteiger partial charge in [-0.1, -0.05) is 12.1 Å². The molecule has 0 spiro atoms. The molecular formula is C13H20N2O. The number of nitrogens with zero attached hydrogens (tertiary/aromatic N) is 2. The van der Waals surface area contributed by atoms with Crippen LogP contribution in [0.4, 0.5) is 5.69 Å². The quantitative estimate of drug-likeness (QED) is 0.844. The van der Waals surface area contributed by atoms with Gasteiger partial charge in [-0.25, -0.2) is 0 Å². The van der Waals surface area contributed by atoms with Crippen LogP contribution in [0.25, 0.3) is 0 Å².